The molecule has 0 heterocycles. The molecule has 2 N–H and O–H groups in total. The summed E-state index contributed by atoms with van der Waals surface area (Å²) in [5, 5.41) is 19.8. The van der Waals surface area contributed by atoms with Gasteiger partial charge < -0.3 is 10.2 Å². The van der Waals surface area contributed by atoms with Crippen molar-refractivity contribution < 1.29 is 10.2 Å². The average molecular weight is 270 g/mol. The maximum absolute atomic E-state index is 10.4. The number of aromatic hydroxyl groups is 2. The van der Waals surface area contributed by atoms with Gasteiger partial charge in [0.25, 0.3) is 0 Å². The number of hydrogen-bond donors (Lipinski definition) is 2. The lowest BCUT2D eigenvalue weighted by Crippen LogP contribution is -1.97. The van der Waals surface area contributed by atoms with Crippen LogP contribution in [0.1, 0.15) is 50.7 Å². The van der Waals surface area contributed by atoms with Crippen LogP contribution in [-0.4, -0.2) is 10.2 Å². The molecule has 0 aromatic heterocycles. The van der Waals surface area contributed by atoms with E-state index < -0.39 is 0 Å². The lowest BCUT2D eigenvalue weighted by molar-refractivity contribution is 0.473. The van der Waals surface area contributed by atoms with Gasteiger partial charge in [-0.15, -0.1) is 0 Å². The Balaban J connectivity index is 2.65. The number of phenolic OH excluding ortho intramolecular Hbond substituents is 2. The molecule has 20 heavy (non-hydrogen) atoms. The van der Waals surface area contributed by atoms with Gasteiger partial charge in [-0.05, 0) is 46.7 Å². The Morgan fingerprint density at radius 2 is 1.40 bits per heavy atom. The van der Waals surface area contributed by atoms with Crippen molar-refractivity contribution in [1.29, 1.82) is 0 Å². The summed E-state index contributed by atoms with van der Waals surface area (Å²) >= 11 is 0. The molecule has 0 aliphatic heterocycles. The van der Waals surface area contributed by atoms with Gasteiger partial charge in [0, 0.05) is 5.56 Å². The number of benzene rings is 2. The van der Waals surface area contributed by atoms with E-state index in [1.165, 1.54) is 0 Å². The Bertz CT molecular complexity index is 596. The Morgan fingerprint density at radius 3 is 1.90 bits per heavy atom. The SMILES string of the molecule is CC(C)c1cc(O)c(-c2ccc(O)cc2)c(C(C)C)c1. The fourth-order valence-electron chi connectivity index (χ4n) is 2.40. The quantitative estimate of drug-likeness (QED) is 0.822. The first-order valence-electron chi connectivity index (χ1n) is 7.06. The third-order valence-corrected chi connectivity index (χ3v) is 3.62. The number of hydrogen-bond acceptors (Lipinski definition) is 2. The maximum atomic E-state index is 10.4. The summed E-state index contributed by atoms with van der Waals surface area (Å²) in [5.74, 6) is 1.25. The Labute approximate surface area is 120 Å². The van der Waals surface area contributed by atoms with Crippen LogP contribution in [0, 0.1) is 0 Å². The average Bonchev–Trinajstić information content (AvgIpc) is 2.39. The highest BCUT2D eigenvalue weighted by atomic mass is 16.3. The Kier molecular flexibility index (Phi) is 4.03. The molecule has 0 saturated carbocycles. The molecule has 0 spiro atoms. The standard InChI is InChI=1S/C18H22O2/c1-11(2)14-9-16(12(3)4)18(17(20)10-14)13-5-7-15(19)8-6-13/h5-12,19-20H,1-4H3. The maximum Gasteiger partial charge on any atom is 0.123 e. The summed E-state index contributed by atoms with van der Waals surface area (Å²) in [7, 11) is 0. The van der Waals surface area contributed by atoms with Crippen LogP contribution in [0.5, 0.6) is 11.5 Å². The molecular weight excluding hydrogens is 248 g/mol. The molecule has 0 bridgehead atoms. The molecule has 0 aliphatic rings. The molecule has 0 unspecified atom stereocenters. The van der Waals surface area contributed by atoms with E-state index in [0.29, 0.717) is 17.6 Å². The first-order valence-corrected chi connectivity index (χ1v) is 7.06. The highest BCUT2D eigenvalue weighted by Gasteiger charge is 2.16. The molecule has 106 valence electrons. The zero-order valence-electron chi connectivity index (χ0n) is 12.5. The monoisotopic (exact) mass is 270 g/mol. The highest BCUT2D eigenvalue weighted by molar-refractivity contribution is 5.75. The van der Waals surface area contributed by atoms with Crippen LogP contribution >= 0.6 is 0 Å². The zero-order valence-corrected chi connectivity index (χ0v) is 12.5. The summed E-state index contributed by atoms with van der Waals surface area (Å²) in [4.78, 5) is 0. The molecule has 0 radical (unpaired) electrons. The summed E-state index contributed by atoms with van der Waals surface area (Å²) in [6, 6.07) is 11.0. The Hall–Kier alpha value is -1.96. The van der Waals surface area contributed by atoms with Gasteiger partial charge in [-0.3, -0.25) is 0 Å². The Morgan fingerprint density at radius 1 is 0.800 bits per heavy atom. The predicted octanol–water partition coefficient (Wildman–Crippen LogP) is 5.01. The minimum atomic E-state index is 0.234. The molecular formula is C18H22O2. The van der Waals surface area contributed by atoms with Crippen molar-refractivity contribution in [2.75, 3.05) is 0 Å². The molecule has 2 heteroatoms. The van der Waals surface area contributed by atoms with Gasteiger partial charge >= 0.3 is 0 Å². The van der Waals surface area contributed by atoms with Crippen LogP contribution in [0.3, 0.4) is 0 Å². The second-order valence-electron chi connectivity index (χ2n) is 5.86. The van der Waals surface area contributed by atoms with Gasteiger partial charge in [0.15, 0.2) is 0 Å². The third kappa shape index (κ3) is 2.79. The van der Waals surface area contributed by atoms with Crippen molar-refractivity contribution in [3.05, 3.63) is 47.5 Å². The van der Waals surface area contributed by atoms with E-state index in [0.717, 1.165) is 22.3 Å². The topological polar surface area (TPSA) is 40.5 Å². The van der Waals surface area contributed by atoms with E-state index in [2.05, 4.69) is 33.8 Å². The summed E-state index contributed by atoms with van der Waals surface area (Å²) in [6.07, 6.45) is 0. The first-order chi connectivity index (χ1) is 9.40. The summed E-state index contributed by atoms with van der Waals surface area (Å²) in [5.41, 5.74) is 4.08. The second kappa shape index (κ2) is 5.58. The van der Waals surface area contributed by atoms with Crippen molar-refractivity contribution in [3.63, 3.8) is 0 Å². The van der Waals surface area contributed by atoms with E-state index in [-0.39, 0.29) is 5.75 Å². The molecule has 2 aromatic carbocycles. The summed E-state index contributed by atoms with van der Waals surface area (Å²) in [6.45, 7) is 8.50. The molecule has 0 saturated heterocycles. The van der Waals surface area contributed by atoms with E-state index in [9.17, 15) is 10.2 Å². The second-order valence-corrected chi connectivity index (χ2v) is 5.86. The molecule has 2 nitrogen and oxygen atoms in total. The zero-order chi connectivity index (χ0) is 14.9. The van der Waals surface area contributed by atoms with E-state index >= 15 is 0 Å². The third-order valence-electron chi connectivity index (χ3n) is 3.62. The van der Waals surface area contributed by atoms with Crippen LogP contribution < -0.4 is 0 Å². The lowest BCUT2D eigenvalue weighted by Gasteiger charge is -2.18. The largest absolute Gasteiger partial charge is 0.508 e. The molecule has 0 amide bonds. The number of phenols is 2. The van der Waals surface area contributed by atoms with Crippen LogP contribution in [0.15, 0.2) is 36.4 Å². The van der Waals surface area contributed by atoms with Gasteiger partial charge in [0.05, 0.1) is 0 Å². The fraction of sp³-hybridized carbons (Fsp3) is 0.333. The van der Waals surface area contributed by atoms with Gasteiger partial charge in [0.1, 0.15) is 11.5 Å². The van der Waals surface area contributed by atoms with Gasteiger partial charge in [0.2, 0.25) is 0 Å². The molecule has 0 fully saturated rings. The van der Waals surface area contributed by atoms with Gasteiger partial charge in [-0.25, -0.2) is 0 Å². The van der Waals surface area contributed by atoms with Gasteiger partial charge in [-0.2, -0.15) is 0 Å². The highest BCUT2D eigenvalue weighted by Crippen LogP contribution is 2.39. The van der Waals surface area contributed by atoms with Crippen molar-refractivity contribution >= 4 is 0 Å². The van der Waals surface area contributed by atoms with Crippen LogP contribution in [0.25, 0.3) is 11.1 Å². The number of rotatable bonds is 3. The van der Waals surface area contributed by atoms with E-state index in [4.69, 9.17) is 0 Å². The van der Waals surface area contributed by atoms with Crippen molar-refractivity contribution in [1.82, 2.24) is 0 Å². The van der Waals surface area contributed by atoms with Crippen LogP contribution in [0.2, 0.25) is 0 Å². The molecule has 2 rings (SSSR count). The molecule has 0 aliphatic carbocycles. The minimum Gasteiger partial charge on any atom is -0.508 e. The van der Waals surface area contributed by atoms with Gasteiger partial charge in [-0.1, -0.05) is 45.9 Å². The molecule has 2 aromatic rings. The van der Waals surface area contributed by atoms with Crippen LogP contribution in [0.4, 0.5) is 0 Å². The van der Waals surface area contributed by atoms with E-state index in [1.807, 2.05) is 18.2 Å². The van der Waals surface area contributed by atoms with Crippen LogP contribution in [-0.2, 0) is 0 Å². The minimum absolute atomic E-state index is 0.234. The lowest BCUT2D eigenvalue weighted by atomic mass is 9.88. The van der Waals surface area contributed by atoms with Crippen molar-refractivity contribution in [3.8, 4) is 22.6 Å². The summed E-state index contributed by atoms with van der Waals surface area (Å²) < 4.78 is 0. The molecule has 0 atom stereocenters. The normalized spacial score (nSPS) is 11.3. The van der Waals surface area contributed by atoms with E-state index in [1.54, 1.807) is 12.1 Å². The van der Waals surface area contributed by atoms with Crippen molar-refractivity contribution in [2.24, 2.45) is 0 Å². The fourth-order valence-corrected chi connectivity index (χ4v) is 2.40. The predicted molar refractivity (Wildman–Crippen MR) is 83.4 cm³/mol. The smallest absolute Gasteiger partial charge is 0.123 e. The first kappa shape index (κ1) is 14.4. The van der Waals surface area contributed by atoms with Crippen molar-refractivity contribution in [2.45, 2.75) is 39.5 Å².